The van der Waals surface area contributed by atoms with Gasteiger partial charge in [-0.05, 0) is 6.92 Å². The fourth-order valence-corrected chi connectivity index (χ4v) is 2.59. The molecule has 0 aliphatic carbocycles. The minimum Gasteiger partial charge on any atom is -0.492 e. The molecule has 0 N–H and O–H groups in total. The third-order valence-corrected chi connectivity index (χ3v) is 3.64. The molecule has 0 aliphatic heterocycles. The van der Waals surface area contributed by atoms with Crippen LogP contribution in [0.15, 0.2) is 30.3 Å². The Hall–Kier alpha value is -2.69. The number of ketones is 1. The second-order valence-electron chi connectivity index (χ2n) is 4.83. The molecule has 0 fully saturated rings. The zero-order valence-electron chi connectivity index (χ0n) is 13.9. The zero-order chi connectivity index (χ0) is 17.0. The largest absolute Gasteiger partial charge is 0.492 e. The van der Waals surface area contributed by atoms with Gasteiger partial charge in [-0.25, -0.2) is 0 Å². The van der Waals surface area contributed by atoms with Crippen LogP contribution in [0.25, 0.3) is 0 Å². The molecule has 5 nitrogen and oxygen atoms in total. The number of benzene rings is 2. The van der Waals surface area contributed by atoms with E-state index in [1.807, 2.05) is 18.2 Å². The highest BCUT2D eigenvalue weighted by Gasteiger charge is 2.29. The highest BCUT2D eigenvalue weighted by atomic mass is 16.5. The summed E-state index contributed by atoms with van der Waals surface area (Å²) >= 11 is 0. The maximum absolute atomic E-state index is 13.0. The maximum atomic E-state index is 13.0. The molecule has 2 aromatic rings. The van der Waals surface area contributed by atoms with E-state index in [1.165, 1.54) is 28.4 Å². The first-order chi connectivity index (χ1) is 11.1. The Morgan fingerprint density at radius 3 is 1.70 bits per heavy atom. The second kappa shape index (κ2) is 7.05. The minimum atomic E-state index is -0.167. The molecule has 0 bridgehead atoms. The van der Waals surface area contributed by atoms with Gasteiger partial charge in [0.15, 0.2) is 17.3 Å². The number of hydrogen-bond donors (Lipinski definition) is 0. The molecular weight excluding hydrogens is 296 g/mol. The van der Waals surface area contributed by atoms with Gasteiger partial charge < -0.3 is 18.9 Å². The molecule has 122 valence electrons. The molecule has 0 aliphatic rings. The average molecular weight is 316 g/mol. The van der Waals surface area contributed by atoms with Crippen molar-refractivity contribution in [1.29, 1.82) is 0 Å². The highest BCUT2D eigenvalue weighted by molar-refractivity contribution is 6.13. The first-order valence-corrected chi connectivity index (χ1v) is 7.06. The molecule has 2 rings (SSSR count). The predicted molar refractivity (Wildman–Crippen MR) is 87.3 cm³/mol. The van der Waals surface area contributed by atoms with Crippen LogP contribution in [0.2, 0.25) is 0 Å². The van der Waals surface area contributed by atoms with Gasteiger partial charge in [-0.1, -0.05) is 30.3 Å². The standard InChI is InChI=1S/C18H20O5/c1-11-13(14(19)12-9-7-6-8-10-12)16(21-3)18(23-5)17(22-4)15(11)20-2/h6-10H,1-5H3. The normalized spacial score (nSPS) is 10.1. The molecular formula is C18H20O5. The van der Waals surface area contributed by atoms with E-state index in [0.29, 0.717) is 39.7 Å². The summed E-state index contributed by atoms with van der Waals surface area (Å²) in [4.78, 5) is 13.0. The summed E-state index contributed by atoms with van der Waals surface area (Å²) < 4.78 is 21.7. The lowest BCUT2D eigenvalue weighted by molar-refractivity contribution is 0.103. The maximum Gasteiger partial charge on any atom is 0.208 e. The zero-order valence-corrected chi connectivity index (χ0v) is 13.9. The lowest BCUT2D eigenvalue weighted by atomic mass is 9.96. The molecule has 0 saturated heterocycles. The number of rotatable bonds is 6. The third kappa shape index (κ3) is 2.82. The fourth-order valence-electron chi connectivity index (χ4n) is 2.59. The van der Waals surface area contributed by atoms with Crippen LogP contribution < -0.4 is 18.9 Å². The molecule has 0 saturated carbocycles. The topological polar surface area (TPSA) is 54.0 Å². The Labute approximate surface area is 135 Å². The summed E-state index contributed by atoms with van der Waals surface area (Å²) in [7, 11) is 6.02. The number of hydrogen-bond acceptors (Lipinski definition) is 5. The molecule has 0 amide bonds. The molecule has 0 atom stereocenters. The van der Waals surface area contributed by atoms with Gasteiger partial charge in [0.1, 0.15) is 0 Å². The van der Waals surface area contributed by atoms with E-state index in [9.17, 15) is 4.79 Å². The van der Waals surface area contributed by atoms with Crippen molar-refractivity contribution in [3.05, 3.63) is 47.0 Å². The van der Waals surface area contributed by atoms with Crippen molar-refractivity contribution in [1.82, 2.24) is 0 Å². The van der Waals surface area contributed by atoms with Crippen molar-refractivity contribution in [2.75, 3.05) is 28.4 Å². The predicted octanol–water partition coefficient (Wildman–Crippen LogP) is 3.26. The van der Waals surface area contributed by atoms with E-state index in [-0.39, 0.29) is 5.78 Å². The smallest absolute Gasteiger partial charge is 0.208 e. The fraction of sp³-hybridized carbons (Fsp3) is 0.278. The summed E-state index contributed by atoms with van der Waals surface area (Å²) in [5.74, 6) is 1.34. The SMILES string of the molecule is COc1c(C)c(C(=O)c2ccccc2)c(OC)c(OC)c1OC. The quantitative estimate of drug-likeness (QED) is 0.766. The number of ether oxygens (including phenoxy) is 4. The van der Waals surface area contributed by atoms with E-state index in [2.05, 4.69) is 0 Å². The molecule has 2 aromatic carbocycles. The van der Waals surface area contributed by atoms with Gasteiger partial charge >= 0.3 is 0 Å². The first kappa shape index (κ1) is 16.7. The Kier molecular flexibility index (Phi) is 5.11. The Morgan fingerprint density at radius 1 is 0.739 bits per heavy atom. The van der Waals surface area contributed by atoms with Crippen molar-refractivity contribution in [2.24, 2.45) is 0 Å². The van der Waals surface area contributed by atoms with Crippen LogP contribution >= 0.6 is 0 Å². The molecule has 0 aromatic heterocycles. The van der Waals surface area contributed by atoms with E-state index < -0.39 is 0 Å². The van der Waals surface area contributed by atoms with Crippen molar-refractivity contribution in [2.45, 2.75) is 6.92 Å². The summed E-state index contributed by atoms with van der Waals surface area (Å²) in [6.07, 6.45) is 0. The Balaban J connectivity index is 2.79. The Morgan fingerprint density at radius 2 is 1.22 bits per heavy atom. The lowest BCUT2D eigenvalue weighted by Gasteiger charge is -2.21. The number of carbonyl (C=O) groups excluding carboxylic acids is 1. The summed E-state index contributed by atoms with van der Waals surface area (Å²) in [6, 6.07) is 8.99. The minimum absolute atomic E-state index is 0.167. The van der Waals surface area contributed by atoms with E-state index in [1.54, 1.807) is 19.1 Å². The van der Waals surface area contributed by atoms with Crippen LogP contribution in [0.1, 0.15) is 21.5 Å². The average Bonchev–Trinajstić information content (AvgIpc) is 2.60. The van der Waals surface area contributed by atoms with E-state index in [0.717, 1.165) is 0 Å². The van der Waals surface area contributed by atoms with Gasteiger partial charge in [0.05, 0.1) is 34.0 Å². The van der Waals surface area contributed by atoms with Gasteiger partial charge in [0.2, 0.25) is 11.5 Å². The lowest BCUT2D eigenvalue weighted by Crippen LogP contribution is -2.10. The number of carbonyl (C=O) groups is 1. The monoisotopic (exact) mass is 316 g/mol. The molecule has 0 unspecified atom stereocenters. The second-order valence-corrected chi connectivity index (χ2v) is 4.83. The summed E-state index contributed by atoms with van der Waals surface area (Å²) in [6.45, 7) is 1.79. The van der Waals surface area contributed by atoms with Gasteiger partial charge in [0.25, 0.3) is 0 Å². The molecule has 0 heterocycles. The van der Waals surface area contributed by atoms with Crippen LogP contribution in [0.4, 0.5) is 0 Å². The molecule has 23 heavy (non-hydrogen) atoms. The van der Waals surface area contributed by atoms with Crippen molar-refractivity contribution in [3.63, 3.8) is 0 Å². The Bertz CT molecular complexity index is 707. The van der Waals surface area contributed by atoms with Crippen LogP contribution in [0.3, 0.4) is 0 Å². The van der Waals surface area contributed by atoms with Gasteiger partial charge in [-0.15, -0.1) is 0 Å². The number of methoxy groups -OCH3 is 4. The molecule has 0 spiro atoms. The van der Waals surface area contributed by atoms with Crippen molar-refractivity contribution in [3.8, 4) is 23.0 Å². The van der Waals surface area contributed by atoms with Crippen LogP contribution in [-0.2, 0) is 0 Å². The van der Waals surface area contributed by atoms with Crippen molar-refractivity contribution >= 4 is 5.78 Å². The van der Waals surface area contributed by atoms with Crippen LogP contribution in [0.5, 0.6) is 23.0 Å². The van der Waals surface area contributed by atoms with Gasteiger partial charge in [0, 0.05) is 11.1 Å². The van der Waals surface area contributed by atoms with E-state index in [4.69, 9.17) is 18.9 Å². The van der Waals surface area contributed by atoms with Crippen LogP contribution in [0, 0.1) is 6.92 Å². The summed E-state index contributed by atoms with van der Waals surface area (Å²) in [5, 5.41) is 0. The van der Waals surface area contributed by atoms with Crippen molar-refractivity contribution < 1.29 is 23.7 Å². The summed E-state index contributed by atoms with van der Waals surface area (Å²) in [5.41, 5.74) is 1.59. The molecule has 0 radical (unpaired) electrons. The van der Waals surface area contributed by atoms with E-state index >= 15 is 0 Å². The first-order valence-electron chi connectivity index (χ1n) is 7.06. The van der Waals surface area contributed by atoms with Crippen LogP contribution in [-0.4, -0.2) is 34.2 Å². The highest BCUT2D eigenvalue weighted by Crippen LogP contribution is 2.49. The van der Waals surface area contributed by atoms with Gasteiger partial charge in [-0.3, -0.25) is 4.79 Å². The molecule has 5 heteroatoms. The van der Waals surface area contributed by atoms with Gasteiger partial charge in [-0.2, -0.15) is 0 Å². The third-order valence-electron chi connectivity index (χ3n) is 3.64.